The van der Waals surface area contributed by atoms with Crippen LogP contribution in [0.2, 0.25) is 0 Å². The van der Waals surface area contributed by atoms with Gasteiger partial charge in [-0.15, -0.1) is 0 Å². The van der Waals surface area contributed by atoms with Gasteiger partial charge >= 0.3 is 0 Å². The molecule has 5 nitrogen and oxygen atoms in total. The van der Waals surface area contributed by atoms with Crippen molar-refractivity contribution in [3.8, 4) is 0 Å². The fourth-order valence-corrected chi connectivity index (χ4v) is 2.90. The second-order valence-electron chi connectivity index (χ2n) is 6.69. The Morgan fingerprint density at radius 1 is 0.929 bits per heavy atom. The molecule has 0 saturated carbocycles. The molecule has 28 heavy (non-hydrogen) atoms. The highest BCUT2D eigenvalue weighted by Crippen LogP contribution is 2.17. The first-order valence-electron chi connectivity index (χ1n) is 9.20. The van der Waals surface area contributed by atoms with Crippen LogP contribution in [0.1, 0.15) is 37.5 Å². The largest absolute Gasteiger partial charge is 0.350 e. The Labute approximate surface area is 164 Å². The van der Waals surface area contributed by atoms with Gasteiger partial charge in [0.25, 0.3) is 11.8 Å². The predicted octanol–water partition coefficient (Wildman–Crippen LogP) is 3.92. The first-order valence-corrected chi connectivity index (χ1v) is 9.20. The molecule has 3 rings (SSSR count). The van der Waals surface area contributed by atoms with Crippen LogP contribution in [-0.4, -0.2) is 23.3 Å². The number of aromatic nitrogens is 1. The molecular weight excluding hydrogens is 350 g/mol. The number of hydrogen-bond donors (Lipinski definition) is 2. The maximum atomic E-state index is 12.6. The molecule has 0 fully saturated rings. The van der Waals surface area contributed by atoms with E-state index in [1.807, 2.05) is 62.4 Å². The Kier molecular flexibility index (Phi) is 6.17. The van der Waals surface area contributed by atoms with Crippen LogP contribution in [0.4, 0.5) is 5.69 Å². The van der Waals surface area contributed by atoms with Gasteiger partial charge in [0.05, 0.1) is 0 Å². The molecule has 142 valence electrons. The molecule has 0 saturated heterocycles. The molecule has 0 unspecified atom stereocenters. The molecule has 2 aromatic carbocycles. The van der Waals surface area contributed by atoms with Gasteiger partial charge in [-0.1, -0.05) is 48.0 Å². The van der Waals surface area contributed by atoms with Crippen molar-refractivity contribution in [1.29, 1.82) is 0 Å². The topological polar surface area (TPSA) is 71.1 Å². The number of aryl methyl sites for hydroxylation is 2. The molecule has 0 aliphatic carbocycles. The van der Waals surface area contributed by atoms with E-state index in [-0.39, 0.29) is 17.5 Å². The Bertz CT molecular complexity index is 984. The van der Waals surface area contributed by atoms with Crippen LogP contribution in [-0.2, 0) is 6.42 Å². The normalized spacial score (nSPS) is 10.4. The number of benzene rings is 2. The number of carbonyl (C=O) groups is 2. The minimum atomic E-state index is -0.294. The molecular formula is C23H23N3O2. The average molecular weight is 373 g/mol. The monoisotopic (exact) mass is 373 g/mol. The minimum absolute atomic E-state index is 0.223. The van der Waals surface area contributed by atoms with Crippen LogP contribution in [0.3, 0.4) is 0 Å². The summed E-state index contributed by atoms with van der Waals surface area (Å²) in [5.41, 5.74) is 4.64. The van der Waals surface area contributed by atoms with Crippen molar-refractivity contribution in [2.45, 2.75) is 20.3 Å². The minimum Gasteiger partial charge on any atom is -0.350 e. The van der Waals surface area contributed by atoms with Gasteiger partial charge < -0.3 is 10.6 Å². The van der Waals surface area contributed by atoms with Crippen LogP contribution in [0.25, 0.3) is 0 Å². The third-order valence-electron chi connectivity index (χ3n) is 4.43. The Balaban J connectivity index is 1.62. The highest BCUT2D eigenvalue weighted by Gasteiger charge is 2.12. The van der Waals surface area contributed by atoms with E-state index in [4.69, 9.17) is 0 Å². The summed E-state index contributed by atoms with van der Waals surface area (Å²) in [6.45, 7) is 4.45. The number of carbonyl (C=O) groups excluding carboxylic acids is 2. The number of pyridine rings is 1. The zero-order chi connectivity index (χ0) is 19.9. The lowest BCUT2D eigenvalue weighted by Crippen LogP contribution is -2.27. The lowest BCUT2D eigenvalue weighted by molar-refractivity contribution is 0.0949. The average Bonchev–Trinajstić information content (AvgIpc) is 2.71. The van der Waals surface area contributed by atoms with Crippen molar-refractivity contribution < 1.29 is 9.59 Å². The number of amides is 2. The summed E-state index contributed by atoms with van der Waals surface area (Å²) in [7, 11) is 0. The highest BCUT2D eigenvalue weighted by molar-refractivity contribution is 6.06. The molecule has 1 heterocycles. The number of anilines is 1. The van der Waals surface area contributed by atoms with Gasteiger partial charge in [0.15, 0.2) is 0 Å². The van der Waals surface area contributed by atoms with Crippen LogP contribution >= 0.6 is 0 Å². The van der Waals surface area contributed by atoms with E-state index in [9.17, 15) is 9.59 Å². The smallest absolute Gasteiger partial charge is 0.269 e. The highest BCUT2D eigenvalue weighted by atomic mass is 16.2. The van der Waals surface area contributed by atoms with Gasteiger partial charge in [0, 0.05) is 24.0 Å². The standard InChI is InChI=1S/C23H23N3O2/c1-16-8-9-20(17(2)14-16)26-22(27)19-11-13-24-21(15-19)23(28)25-12-10-18-6-4-3-5-7-18/h3-9,11,13-15H,10,12H2,1-2H3,(H,25,28)(H,26,27). The third kappa shape index (κ3) is 5.04. The Hall–Kier alpha value is -3.47. The first kappa shape index (κ1) is 19.3. The van der Waals surface area contributed by atoms with Gasteiger partial charge in [-0.05, 0) is 49.6 Å². The Morgan fingerprint density at radius 2 is 1.71 bits per heavy atom. The third-order valence-corrected chi connectivity index (χ3v) is 4.43. The molecule has 0 aliphatic heterocycles. The summed E-state index contributed by atoms with van der Waals surface area (Å²) >= 11 is 0. The number of nitrogens with one attached hydrogen (secondary N) is 2. The van der Waals surface area contributed by atoms with E-state index in [1.165, 1.54) is 12.3 Å². The van der Waals surface area contributed by atoms with Gasteiger partial charge in [-0.3, -0.25) is 14.6 Å². The van der Waals surface area contributed by atoms with Crippen molar-refractivity contribution in [3.63, 3.8) is 0 Å². The van der Waals surface area contributed by atoms with Gasteiger partial charge in [0.2, 0.25) is 0 Å². The zero-order valence-electron chi connectivity index (χ0n) is 16.0. The summed E-state index contributed by atoms with van der Waals surface area (Å²) in [4.78, 5) is 29.0. The summed E-state index contributed by atoms with van der Waals surface area (Å²) in [5.74, 6) is -0.565. The SMILES string of the molecule is Cc1ccc(NC(=O)c2ccnc(C(=O)NCCc3ccccc3)c2)c(C)c1. The fourth-order valence-electron chi connectivity index (χ4n) is 2.90. The van der Waals surface area contributed by atoms with Crippen LogP contribution in [0.15, 0.2) is 66.9 Å². The quantitative estimate of drug-likeness (QED) is 0.688. The lowest BCUT2D eigenvalue weighted by atomic mass is 10.1. The van der Waals surface area contributed by atoms with Crippen molar-refractivity contribution in [1.82, 2.24) is 10.3 Å². The molecule has 2 N–H and O–H groups in total. The molecule has 0 bridgehead atoms. The number of rotatable bonds is 6. The van der Waals surface area contributed by atoms with E-state index in [0.29, 0.717) is 12.1 Å². The number of hydrogen-bond acceptors (Lipinski definition) is 3. The van der Waals surface area contributed by atoms with Crippen LogP contribution < -0.4 is 10.6 Å². The van der Waals surface area contributed by atoms with E-state index in [2.05, 4.69) is 15.6 Å². The summed E-state index contributed by atoms with van der Waals surface area (Å²) < 4.78 is 0. The second-order valence-corrected chi connectivity index (χ2v) is 6.69. The molecule has 0 atom stereocenters. The molecule has 2 amide bonds. The maximum Gasteiger partial charge on any atom is 0.269 e. The zero-order valence-corrected chi connectivity index (χ0v) is 16.0. The molecule has 0 spiro atoms. The van der Waals surface area contributed by atoms with E-state index in [1.54, 1.807) is 6.07 Å². The van der Waals surface area contributed by atoms with Crippen molar-refractivity contribution in [2.24, 2.45) is 0 Å². The molecule has 1 aromatic heterocycles. The van der Waals surface area contributed by atoms with Crippen molar-refractivity contribution in [3.05, 3.63) is 94.8 Å². The maximum absolute atomic E-state index is 12.6. The predicted molar refractivity (Wildman–Crippen MR) is 111 cm³/mol. The van der Waals surface area contributed by atoms with Gasteiger partial charge in [-0.2, -0.15) is 0 Å². The fraction of sp³-hybridized carbons (Fsp3) is 0.174. The van der Waals surface area contributed by atoms with E-state index < -0.39 is 0 Å². The van der Waals surface area contributed by atoms with Crippen LogP contribution in [0, 0.1) is 13.8 Å². The van der Waals surface area contributed by atoms with Crippen LogP contribution in [0.5, 0.6) is 0 Å². The second kappa shape index (κ2) is 8.95. The summed E-state index contributed by atoms with van der Waals surface area (Å²) in [6.07, 6.45) is 2.21. The molecule has 3 aromatic rings. The lowest BCUT2D eigenvalue weighted by Gasteiger charge is -2.10. The molecule has 0 radical (unpaired) electrons. The number of nitrogens with zero attached hydrogens (tertiary/aromatic N) is 1. The molecule has 5 heteroatoms. The summed E-state index contributed by atoms with van der Waals surface area (Å²) in [6, 6.07) is 18.9. The van der Waals surface area contributed by atoms with Gasteiger partial charge in [-0.25, -0.2) is 0 Å². The summed E-state index contributed by atoms with van der Waals surface area (Å²) in [5, 5.41) is 5.73. The van der Waals surface area contributed by atoms with E-state index in [0.717, 1.165) is 28.8 Å². The van der Waals surface area contributed by atoms with E-state index >= 15 is 0 Å². The van der Waals surface area contributed by atoms with Crippen molar-refractivity contribution in [2.75, 3.05) is 11.9 Å². The van der Waals surface area contributed by atoms with Crippen molar-refractivity contribution >= 4 is 17.5 Å². The first-order chi connectivity index (χ1) is 13.5. The van der Waals surface area contributed by atoms with Gasteiger partial charge in [0.1, 0.15) is 5.69 Å². The molecule has 0 aliphatic rings. The Morgan fingerprint density at radius 3 is 2.46 bits per heavy atom.